The summed E-state index contributed by atoms with van der Waals surface area (Å²) in [5.74, 6) is 0.391. The fraction of sp³-hybridized carbons (Fsp3) is 0.300. The van der Waals surface area contributed by atoms with E-state index in [-0.39, 0.29) is 18.7 Å². The Hall–Kier alpha value is -3.65. The van der Waals surface area contributed by atoms with E-state index in [4.69, 9.17) is 9.47 Å². The number of anilines is 2. The summed E-state index contributed by atoms with van der Waals surface area (Å²) in [7, 11) is 0. The summed E-state index contributed by atoms with van der Waals surface area (Å²) in [5, 5.41) is 5.46. The number of amides is 2. The van der Waals surface area contributed by atoms with Crippen molar-refractivity contribution < 1.29 is 23.9 Å². The maximum absolute atomic E-state index is 12.3. The Bertz CT molecular complexity index is 1300. The quantitative estimate of drug-likeness (QED) is 0.247. The molecule has 0 radical (unpaired) electrons. The van der Waals surface area contributed by atoms with Crippen molar-refractivity contribution in [2.45, 2.75) is 53.4 Å². The lowest BCUT2D eigenvalue weighted by atomic mass is 10.0. The van der Waals surface area contributed by atoms with Gasteiger partial charge in [0.2, 0.25) is 5.91 Å². The lowest BCUT2D eigenvalue weighted by Gasteiger charge is -2.15. The monoisotopic (exact) mass is 580 g/mol. The molecule has 0 heterocycles. The largest absolute Gasteiger partial charge is 0.457 e. The minimum absolute atomic E-state index is 0.0646. The van der Waals surface area contributed by atoms with Crippen LogP contribution < -0.4 is 15.4 Å². The van der Waals surface area contributed by atoms with E-state index in [0.717, 1.165) is 32.5 Å². The Morgan fingerprint density at radius 2 is 1.45 bits per heavy atom. The molecule has 3 rings (SSSR count). The third kappa shape index (κ3) is 8.45. The summed E-state index contributed by atoms with van der Waals surface area (Å²) in [4.78, 5) is 36.4. The van der Waals surface area contributed by atoms with Gasteiger partial charge in [0.05, 0.1) is 6.42 Å². The van der Waals surface area contributed by atoms with Crippen LogP contribution in [0.2, 0.25) is 0 Å². The molecule has 8 heteroatoms. The number of aryl methyl sites for hydroxylation is 3. The molecule has 2 N–H and O–H groups in total. The summed E-state index contributed by atoms with van der Waals surface area (Å²) in [5.41, 5.74) is 5.41. The molecule has 200 valence electrons. The van der Waals surface area contributed by atoms with E-state index in [1.54, 1.807) is 24.3 Å². The van der Waals surface area contributed by atoms with E-state index in [1.165, 1.54) is 0 Å². The Labute approximate surface area is 232 Å². The van der Waals surface area contributed by atoms with Crippen molar-refractivity contribution >= 4 is 45.1 Å². The van der Waals surface area contributed by atoms with Gasteiger partial charge in [0.1, 0.15) is 11.5 Å². The Morgan fingerprint density at radius 3 is 2.08 bits per heavy atom. The molecule has 2 amide bonds. The number of carbonyl (C=O) groups is 3. The third-order valence-corrected chi connectivity index (χ3v) is 7.05. The zero-order valence-electron chi connectivity index (χ0n) is 22.3. The first-order chi connectivity index (χ1) is 18.0. The highest BCUT2D eigenvalue weighted by atomic mass is 79.9. The summed E-state index contributed by atoms with van der Waals surface area (Å²) in [6, 6.07) is 16.8. The van der Waals surface area contributed by atoms with Crippen LogP contribution in [0.3, 0.4) is 0 Å². The SMILES string of the molecule is Cc1ccc(C(C)C)c(Oc2ccc(NC(=O)CCC(=O)OCC(=O)Nc3cc(C)c(Br)c(C)c3)cc2)c1. The third-order valence-electron chi connectivity index (χ3n) is 5.80. The first-order valence-corrected chi connectivity index (χ1v) is 13.2. The minimum atomic E-state index is -0.624. The number of esters is 1. The van der Waals surface area contributed by atoms with Gasteiger partial charge in [-0.15, -0.1) is 0 Å². The normalized spacial score (nSPS) is 10.7. The smallest absolute Gasteiger partial charge is 0.306 e. The number of hydrogen-bond donors (Lipinski definition) is 2. The predicted molar refractivity (Wildman–Crippen MR) is 153 cm³/mol. The molecule has 0 aliphatic carbocycles. The van der Waals surface area contributed by atoms with Crippen molar-refractivity contribution in [3.05, 3.63) is 81.3 Å². The van der Waals surface area contributed by atoms with Gasteiger partial charge in [-0.2, -0.15) is 0 Å². The summed E-state index contributed by atoms with van der Waals surface area (Å²) in [6.45, 7) is 9.68. The number of benzene rings is 3. The fourth-order valence-corrected chi connectivity index (χ4v) is 4.04. The fourth-order valence-electron chi connectivity index (χ4n) is 3.81. The lowest BCUT2D eigenvalue weighted by Crippen LogP contribution is -2.22. The molecule has 0 aliphatic rings. The lowest BCUT2D eigenvalue weighted by molar-refractivity contribution is -0.147. The van der Waals surface area contributed by atoms with Crippen molar-refractivity contribution in [1.82, 2.24) is 0 Å². The molecule has 0 bridgehead atoms. The zero-order valence-corrected chi connectivity index (χ0v) is 23.9. The molecule has 3 aromatic rings. The van der Waals surface area contributed by atoms with Crippen LogP contribution in [-0.2, 0) is 19.1 Å². The van der Waals surface area contributed by atoms with Gasteiger partial charge in [0, 0.05) is 22.3 Å². The van der Waals surface area contributed by atoms with Crippen LogP contribution in [0.15, 0.2) is 59.1 Å². The summed E-state index contributed by atoms with van der Waals surface area (Å²) in [6.07, 6.45) is -0.201. The molecule has 0 unspecified atom stereocenters. The van der Waals surface area contributed by atoms with Crippen molar-refractivity contribution in [3.63, 3.8) is 0 Å². The molecule has 0 aliphatic heterocycles. The van der Waals surface area contributed by atoms with Crippen molar-refractivity contribution in [1.29, 1.82) is 0 Å². The topological polar surface area (TPSA) is 93.7 Å². The zero-order chi connectivity index (χ0) is 27.8. The molecule has 38 heavy (non-hydrogen) atoms. The first kappa shape index (κ1) is 28.9. The van der Waals surface area contributed by atoms with Crippen LogP contribution in [0, 0.1) is 20.8 Å². The average Bonchev–Trinajstić information content (AvgIpc) is 2.86. The van der Waals surface area contributed by atoms with Crippen LogP contribution in [0.5, 0.6) is 11.5 Å². The Balaban J connectivity index is 1.42. The second-order valence-electron chi connectivity index (χ2n) is 9.50. The van der Waals surface area contributed by atoms with Crippen LogP contribution in [-0.4, -0.2) is 24.4 Å². The highest BCUT2D eigenvalue weighted by molar-refractivity contribution is 9.10. The maximum Gasteiger partial charge on any atom is 0.306 e. The minimum Gasteiger partial charge on any atom is -0.457 e. The van der Waals surface area contributed by atoms with Crippen molar-refractivity contribution in [2.24, 2.45) is 0 Å². The van der Waals surface area contributed by atoms with E-state index in [2.05, 4.69) is 52.5 Å². The van der Waals surface area contributed by atoms with Crippen LogP contribution in [0.4, 0.5) is 11.4 Å². The number of hydrogen-bond acceptors (Lipinski definition) is 5. The van der Waals surface area contributed by atoms with Crippen LogP contribution >= 0.6 is 15.9 Å². The van der Waals surface area contributed by atoms with E-state index in [9.17, 15) is 14.4 Å². The highest BCUT2D eigenvalue weighted by Crippen LogP contribution is 2.32. The van der Waals surface area contributed by atoms with Gasteiger partial charge >= 0.3 is 5.97 Å². The predicted octanol–water partition coefficient (Wildman–Crippen LogP) is 7.19. The summed E-state index contributed by atoms with van der Waals surface area (Å²) < 4.78 is 12.1. The van der Waals surface area contributed by atoms with Gasteiger partial charge in [-0.25, -0.2) is 0 Å². The molecule has 0 saturated heterocycles. The number of nitrogens with one attached hydrogen (secondary N) is 2. The maximum atomic E-state index is 12.3. The molecule has 0 atom stereocenters. The van der Waals surface area contributed by atoms with Gasteiger partial charge in [-0.05, 0) is 91.4 Å². The Morgan fingerprint density at radius 1 is 0.816 bits per heavy atom. The number of ether oxygens (including phenoxy) is 2. The molecule has 3 aromatic carbocycles. The average molecular weight is 582 g/mol. The molecule has 0 spiro atoms. The van der Waals surface area contributed by atoms with Gasteiger partial charge in [0.25, 0.3) is 5.91 Å². The van der Waals surface area contributed by atoms with E-state index >= 15 is 0 Å². The van der Waals surface area contributed by atoms with E-state index in [0.29, 0.717) is 23.0 Å². The van der Waals surface area contributed by atoms with Crippen molar-refractivity contribution in [3.8, 4) is 11.5 Å². The van der Waals surface area contributed by atoms with Gasteiger partial charge in [0.15, 0.2) is 6.61 Å². The molecular weight excluding hydrogens is 548 g/mol. The van der Waals surface area contributed by atoms with Gasteiger partial charge in [-0.3, -0.25) is 14.4 Å². The summed E-state index contributed by atoms with van der Waals surface area (Å²) >= 11 is 3.48. The molecule has 0 saturated carbocycles. The molecule has 7 nitrogen and oxygen atoms in total. The number of halogens is 1. The van der Waals surface area contributed by atoms with Crippen LogP contribution in [0.1, 0.15) is 54.9 Å². The molecule has 0 fully saturated rings. The second kappa shape index (κ2) is 13.2. The first-order valence-electron chi connectivity index (χ1n) is 12.4. The van der Waals surface area contributed by atoms with E-state index in [1.807, 2.05) is 39.0 Å². The molecular formula is C30H33BrN2O5. The van der Waals surface area contributed by atoms with Gasteiger partial charge < -0.3 is 20.1 Å². The Kier molecular flexibility index (Phi) is 10.1. The number of rotatable bonds is 10. The second-order valence-corrected chi connectivity index (χ2v) is 10.3. The highest BCUT2D eigenvalue weighted by Gasteiger charge is 2.13. The van der Waals surface area contributed by atoms with E-state index < -0.39 is 18.5 Å². The molecule has 0 aromatic heterocycles. The van der Waals surface area contributed by atoms with Gasteiger partial charge in [-0.1, -0.05) is 41.9 Å². The standard InChI is InChI=1S/C30H33BrN2O5/c1-18(2)25-11-6-19(3)14-26(25)38-24-9-7-22(8-10-24)32-27(34)12-13-29(36)37-17-28(35)33-23-15-20(4)30(31)21(5)16-23/h6-11,14-16,18H,12-13,17H2,1-5H3,(H,32,34)(H,33,35). The van der Waals surface area contributed by atoms with Crippen LogP contribution in [0.25, 0.3) is 0 Å². The number of carbonyl (C=O) groups excluding carboxylic acids is 3. The van der Waals surface area contributed by atoms with Crippen molar-refractivity contribution in [2.75, 3.05) is 17.2 Å².